The van der Waals surface area contributed by atoms with Gasteiger partial charge in [0.15, 0.2) is 6.54 Å². The first-order valence-electron chi connectivity index (χ1n) is 10.1. The molecule has 1 heterocycles. The van der Waals surface area contributed by atoms with Gasteiger partial charge in [-0.3, -0.25) is 4.79 Å². The quantitative estimate of drug-likeness (QED) is 0.626. The van der Waals surface area contributed by atoms with Gasteiger partial charge in [0.25, 0.3) is 5.91 Å². The fraction of sp³-hybridized carbons (Fsp3) is 0.348. The molecule has 1 aliphatic heterocycles. The van der Waals surface area contributed by atoms with Crippen molar-refractivity contribution >= 4 is 12.0 Å². The van der Waals surface area contributed by atoms with Crippen LogP contribution in [0.2, 0.25) is 0 Å². The van der Waals surface area contributed by atoms with Crippen molar-refractivity contribution in [2.24, 2.45) is 0 Å². The average molecular weight is 402 g/mol. The van der Waals surface area contributed by atoms with Crippen LogP contribution in [0.3, 0.4) is 0 Å². The van der Waals surface area contributed by atoms with Gasteiger partial charge in [0.2, 0.25) is 0 Å². The van der Waals surface area contributed by atoms with E-state index in [0.717, 1.165) is 38.8 Å². The van der Waals surface area contributed by atoms with Crippen LogP contribution in [0.5, 0.6) is 0 Å². The van der Waals surface area contributed by atoms with Gasteiger partial charge in [-0.1, -0.05) is 42.5 Å². The molecular weight excluding hydrogens is 372 g/mol. The van der Waals surface area contributed by atoms with Crippen molar-refractivity contribution in [1.82, 2.24) is 5.32 Å². The Morgan fingerprint density at radius 2 is 1.76 bits per heavy atom. The van der Waals surface area contributed by atoms with Crippen LogP contribution in [0.4, 0.5) is 8.78 Å². The third kappa shape index (κ3) is 6.48. The van der Waals surface area contributed by atoms with E-state index in [1.165, 1.54) is 27.5 Å². The molecule has 3 rings (SSSR count). The van der Waals surface area contributed by atoms with Gasteiger partial charge in [-0.15, -0.1) is 0 Å². The van der Waals surface area contributed by atoms with E-state index in [9.17, 15) is 13.6 Å². The average Bonchev–Trinajstić information content (AvgIpc) is 2.70. The first-order chi connectivity index (χ1) is 14.0. The van der Waals surface area contributed by atoms with Gasteiger partial charge in [-0.25, -0.2) is 8.78 Å². The van der Waals surface area contributed by atoms with Crippen LogP contribution in [-0.4, -0.2) is 45.2 Å². The summed E-state index contributed by atoms with van der Waals surface area (Å²) in [6, 6.07) is 13.2. The van der Waals surface area contributed by atoms with Crippen LogP contribution < -0.4 is 15.1 Å². The number of amides is 1. The molecule has 1 atom stereocenters. The van der Waals surface area contributed by atoms with E-state index in [2.05, 4.69) is 29.6 Å². The Morgan fingerprint density at radius 3 is 2.45 bits per heavy atom. The maximum atomic E-state index is 13.9. The molecule has 29 heavy (non-hydrogen) atoms. The fourth-order valence-electron chi connectivity index (χ4n) is 3.71. The summed E-state index contributed by atoms with van der Waals surface area (Å²) in [5, 5.41) is 2.83. The van der Waals surface area contributed by atoms with E-state index >= 15 is 0 Å². The lowest BCUT2D eigenvalue weighted by molar-refractivity contribution is -1.01. The predicted octanol–water partition coefficient (Wildman–Crippen LogP) is 0.639. The van der Waals surface area contributed by atoms with Crippen molar-refractivity contribution in [3.63, 3.8) is 0 Å². The van der Waals surface area contributed by atoms with Crippen molar-refractivity contribution in [2.45, 2.75) is 13.0 Å². The standard InChI is InChI=1S/C23H27F2N3O/c1-18(21-10-9-20(24)16-22(21)25)26-23(29)17-28-14-12-27(13-15-28)11-5-8-19-6-3-2-4-7-19/h2-10,16,18H,11-15,17H2,1H3,(H,26,29)/p+2/b8-5+/t18-/m0/s1. The molecule has 0 saturated carbocycles. The van der Waals surface area contributed by atoms with Gasteiger partial charge in [0, 0.05) is 11.6 Å². The van der Waals surface area contributed by atoms with Crippen LogP contribution in [-0.2, 0) is 4.79 Å². The van der Waals surface area contributed by atoms with E-state index in [4.69, 9.17) is 0 Å². The van der Waals surface area contributed by atoms with E-state index < -0.39 is 17.7 Å². The zero-order valence-electron chi connectivity index (χ0n) is 16.8. The molecule has 0 radical (unpaired) electrons. The summed E-state index contributed by atoms with van der Waals surface area (Å²) in [6.07, 6.45) is 4.36. The number of nitrogens with one attached hydrogen (secondary N) is 3. The minimum absolute atomic E-state index is 0.108. The number of hydrogen-bond donors (Lipinski definition) is 3. The Bertz CT molecular complexity index is 833. The zero-order chi connectivity index (χ0) is 20.6. The maximum Gasteiger partial charge on any atom is 0.275 e. The summed E-state index contributed by atoms with van der Waals surface area (Å²) in [5.41, 5.74) is 1.51. The second kappa shape index (κ2) is 10.3. The van der Waals surface area contributed by atoms with Crippen LogP contribution in [0, 0.1) is 11.6 Å². The lowest BCUT2D eigenvalue weighted by Gasteiger charge is -2.29. The lowest BCUT2D eigenvalue weighted by Crippen LogP contribution is -3.28. The number of piperazine rings is 1. The topological polar surface area (TPSA) is 38.0 Å². The number of hydrogen-bond acceptors (Lipinski definition) is 1. The predicted molar refractivity (Wildman–Crippen MR) is 110 cm³/mol. The van der Waals surface area contributed by atoms with Crippen molar-refractivity contribution in [3.8, 4) is 0 Å². The van der Waals surface area contributed by atoms with Crippen LogP contribution in [0.1, 0.15) is 24.1 Å². The van der Waals surface area contributed by atoms with Gasteiger partial charge >= 0.3 is 0 Å². The molecule has 6 heteroatoms. The summed E-state index contributed by atoms with van der Waals surface area (Å²) >= 11 is 0. The SMILES string of the molecule is C[C@H](NC(=O)C[NH+]1CC[NH+](C/C=C/c2ccccc2)CC1)c1ccc(F)cc1F. The second-order valence-electron chi connectivity index (χ2n) is 7.65. The highest BCUT2D eigenvalue weighted by molar-refractivity contribution is 5.77. The minimum atomic E-state index is -0.633. The summed E-state index contributed by atoms with van der Waals surface area (Å²) in [5.74, 6) is -1.36. The molecule has 2 aromatic rings. The molecule has 0 aliphatic carbocycles. The Labute approximate surface area is 170 Å². The third-order valence-electron chi connectivity index (χ3n) is 5.40. The molecule has 1 amide bonds. The highest BCUT2D eigenvalue weighted by atomic mass is 19.1. The molecule has 1 aliphatic rings. The number of benzene rings is 2. The summed E-state index contributed by atoms with van der Waals surface area (Å²) in [4.78, 5) is 15.1. The second-order valence-corrected chi connectivity index (χ2v) is 7.65. The molecule has 0 aromatic heterocycles. The third-order valence-corrected chi connectivity index (χ3v) is 5.40. The Balaban J connectivity index is 1.39. The minimum Gasteiger partial charge on any atom is -0.345 e. The van der Waals surface area contributed by atoms with Crippen LogP contribution in [0.25, 0.3) is 6.08 Å². The molecule has 0 spiro atoms. The monoisotopic (exact) mass is 401 g/mol. The summed E-state index contributed by atoms with van der Waals surface area (Å²) in [6.45, 7) is 6.97. The molecule has 2 aromatic carbocycles. The number of rotatable bonds is 7. The molecule has 1 saturated heterocycles. The molecule has 1 fully saturated rings. The molecule has 154 valence electrons. The first-order valence-corrected chi connectivity index (χ1v) is 10.1. The number of halogens is 2. The Hall–Kier alpha value is -2.57. The lowest BCUT2D eigenvalue weighted by atomic mass is 10.1. The molecule has 0 unspecified atom stereocenters. The van der Waals surface area contributed by atoms with E-state index in [1.807, 2.05) is 18.2 Å². The smallest absolute Gasteiger partial charge is 0.275 e. The van der Waals surface area contributed by atoms with Crippen molar-refractivity contribution in [2.75, 3.05) is 39.3 Å². The normalized spacial score (nSPS) is 20.5. The highest BCUT2D eigenvalue weighted by Crippen LogP contribution is 2.17. The van der Waals surface area contributed by atoms with Crippen molar-refractivity contribution in [1.29, 1.82) is 0 Å². The maximum absolute atomic E-state index is 13.9. The van der Waals surface area contributed by atoms with Gasteiger partial charge in [-0.05, 0) is 24.6 Å². The highest BCUT2D eigenvalue weighted by Gasteiger charge is 2.25. The summed E-state index contributed by atoms with van der Waals surface area (Å²) in [7, 11) is 0. The number of carbonyl (C=O) groups is 1. The largest absolute Gasteiger partial charge is 0.345 e. The van der Waals surface area contributed by atoms with Crippen molar-refractivity contribution < 1.29 is 23.4 Å². The Morgan fingerprint density at radius 1 is 1.07 bits per heavy atom. The van der Waals surface area contributed by atoms with Crippen LogP contribution in [0.15, 0.2) is 54.6 Å². The summed E-state index contributed by atoms with van der Waals surface area (Å²) < 4.78 is 26.9. The Kier molecular flexibility index (Phi) is 7.49. The zero-order valence-corrected chi connectivity index (χ0v) is 16.8. The molecule has 0 bridgehead atoms. The van der Waals surface area contributed by atoms with Gasteiger partial charge < -0.3 is 15.1 Å². The molecular formula is C23H29F2N3O+2. The first kappa shape index (κ1) is 21.1. The van der Waals surface area contributed by atoms with Gasteiger partial charge in [0.05, 0.1) is 12.6 Å². The van der Waals surface area contributed by atoms with Gasteiger partial charge in [-0.2, -0.15) is 0 Å². The fourth-order valence-corrected chi connectivity index (χ4v) is 3.71. The number of carbonyl (C=O) groups excluding carboxylic acids is 1. The van der Waals surface area contributed by atoms with E-state index in [-0.39, 0.29) is 5.91 Å². The van der Waals surface area contributed by atoms with E-state index in [1.54, 1.807) is 6.92 Å². The van der Waals surface area contributed by atoms with E-state index in [0.29, 0.717) is 12.1 Å². The molecule has 4 nitrogen and oxygen atoms in total. The van der Waals surface area contributed by atoms with Crippen LogP contribution >= 0.6 is 0 Å². The van der Waals surface area contributed by atoms with Crippen molar-refractivity contribution in [3.05, 3.63) is 77.4 Å². The van der Waals surface area contributed by atoms with Gasteiger partial charge in [0.1, 0.15) is 37.8 Å². The number of quaternary nitrogens is 2. The molecule has 3 N–H and O–H groups in total.